The molecule has 0 fully saturated rings. The zero-order chi connectivity index (χ0) is 15.5. The maximum Gasteiger partial charge on any atom is 0.134 e. The molecule has 0 saturated heterocycles. The second kappa shape index (κ2) is 5.76. The van der Waals surface area contributed by atoms with Gasteiger partial charge in [-0.25, -0.2) is 4.98 Å². The molecule has 108 valence electrons. The van der Waals surface area contributed by atoms with Crippen molar-refractivity contribution in [3.05, 3.63) is 52.7 Å². The van der Waals surface area contributed by atoms with Gasteiger partial charge in [-0.15, -0.1) is 11.3 Å². The number of phenolic OH excluding ortho intramolecular Hbond substituents is 2. The van der Waals surface area contributed by atoms with Gasteiger partial charge in [-0.3, -0.25) is 0 Å². The molecule has 3 rings (SSSR count). The summed E-state index contributed by atoms with van der Waals surface area (Å²) in [5, 5.41) is 30.7. The number of thiazole rings is 1. The summed E-state index contributed by atoms with van der Waals surface area (Å²) < 4.78 is 5.19. The van der Waals surface area contributed by atoms with Gasteiger partial charge in [0, 0.05) is 23.1 Å². The van der Waals surface area contributed by atoms with E-state index in [2.05, 4.69) is 11.1 Å². The Kier molecular flexibility index (Phi) is 3.64. The number of hydrogen-bond acceptors (Lipinski definition) is 6. The van der Waals surface area contributed by atoms with E-state index in [9.17, 15) is 15.5 Å². The maximum absolute atomic E-state index is 9.87. The van der Waals surface area contributed by atoms with Gasteiger partial charge < -0.3 is 14.6 Å². The highest BCUT2D eigenvalue weighted by Gasteiger charge is 2.12. The minimum absolute atomic E-state index is 0.0212. The number of nitrogens with zero attached hydrogens (tertiary/aromatic N) is 2. The first-order valence-electron chi connectivity index (χ1n) is 6.31. The van der Waals surface area contributed by atoms with Crippen LogP contribution in [0.25, 0.3) is 22.9 Å². The number of hydrogen-bond donors (Lipinski definition) is 2. The lowest BCUT2D eigenvalue weighted by Crippen LogP contribution is -1.83. The molecule has 22 heavy (non-hydrogen) atoms. The minimum atomic E-state index is -0.0645. The number of nitriles is 1. The van der Waals surface area contributed by atoms with E-state index in [0.717, 1.165) is 0 Å². The van der Waals surface area contributed by atoms with E-state index in [0.29, 0.717) is 27.6 Å². The average molecular weight is 310 g/mol. The van der Waals surface area contributed by atoms with Gasteiger partial charge in [-0.1, -0.05) is 0 Å². The molecule has 0 atom stereocenters. The molecule has 5 nitrogen and oxygen atoms in total. The van der Waals surface area contributed by atoms with Crippen molar-refractivity contribution in [1.82, 2.24) is 4.98 Å². The molecular weight excluding hydrogens is 300 g/mol. The molecule has 3 aromatic rings. The van der Waals surface area contributed by atoms with Crippen LogP contribution in [-0.2, 0) is 0 Å². The van der Waals surface area contributed by atoms with Crippen molar-refractivity contribution in [1.29, 1.82) is 5.26 Å². The third-order valence-corrected chi connectivity index (χ3v) is 3.82. The number of benzene rings is 1. The second-order valence-corrected chi connectivity index (χ2v) is 5.28. The van der Waals surface area contributed by atoms with Crippen molar-refractivity contribution < 1.29 is 14.6 Å². The van der Waals surface area contributed by atoms with E-state index in [1.165, 1.54) is 29.7 Å². The van der Waals surface area contributed by atoms with Gasteiger partial charge in [0.1, 0.15) is 28.3 Å². The zero-order valence-electron chi connectivity index (χ0n) is 11.2. The molecule has 0 spiro atoms. The second-order valence-electron chi connectivity index (χ2n) is 4.42. The summed E-state index contributed by atoms with van der Waals surface area (Å²) in [6.07, 6.45) is 3.14. The molecule has 0 saturated carbocycles. The van der Waals surface area contributed by atoms with Crippen LogP contribution >= 0.6 is 11.3 Å². The Morgan fingerprint density at radius 3 is 2.86 bits per heavy atom. The monoisotopic (exact) mass is 310 g/mol. The maximum atomic E-state index is 9.87. The van der Waals surface area contributed by atoms with Crippen LogP contribution in [0.4, 0.5) is 0 Å². The summed E-state index contributed by atoms with van der Waals surface area (Å²) in [6, 6.07) is 9.87. The molecule has 0 unspecified atom stereocenters. The van der Waals surface area contributed by atoms with Gasteiger partial charge in [0.2, 0.25) is 0 Å². The lowest BCUT2D eigenvalue weighted by Gasteiger charge is -2.01. The van der Waals surface area contributed by atoms with Gasteiger partial charge in [0.05, 0.1) is 17.5 Å². The Hall–Kier alpha value is -3.04. The SMILES string of the molecule is N#C/C(=C\c1ccco1)c1nc(-c2ccc(O)cc2O)cs1. The Bertz CT molecular complexity index is 873. The highest BCUT2D eigenvalue weighted by atomic mass is 32.1. The van der Waals surface area contributed by atoms with E-state index in [1.54, 1.807) is 29.7 Å². The van der Waals surface area contributed by atoms with Gasteiger partial charge in [0.25, 0.3) is 0 Å². The molecule has 1 aromatic carbocycles. The summed E-state index contributed by atoms with van der Waals surface area (Å²) in [6.45, 7) is 0. The number of phenols is 2. The lowest BCUT2D eigenvalue weighted by molar-refractivity contribution is 0.452. The Balaban J connectivity index is 1.98. The summed E-state index contributed by atoms with van der Waals surface area (Å²) in [4.78, 5) is 4.37. The number of furan rings is 1. The fraction of sp³-hybridized carbons (Fsp3) is 0. The van der Waals surface area contributed by atoms with Crippen molar-refractivity contribution in [3.63, 3.8) is 0 Å². The molecule has 0 bridgehead atoms. The van der Waals surface area contributed by atoms with Crippen LogP contribution in [0.15, 0.2) is 46.4 Å². The fourth-order valence-electron chi connectivity index (χ4n) is 1.92. The summed E-state index contributed by atoms with van der Waals surface area (Å²) >= 11 is 1.29. The van der Waals surface area contributed by atoms with Gasteiger partial charge in [0.15, 0.2) is 0 Å². The minimum Gasteiger partial charge on any atom is -0.508 e. The quantitative estimate of drug-likeness (QED) is 0.716. The number of allylic oxidation sites excluding steroid dienone is 1. The van der Waals surface area contributed by atoms with Gasteiger partial charge in [-0.2, -0.15) is 5.26 Å². The van der Waals surface area contributed by atoms with Crippen LogP contribution in [0.3, 0.4) is 0 Å². The number of aromatic hydroxyl groups is 2. The summed E-state index contributed by atoms with van der Waals surface area (Å²) in [5.41, 5.74) is 1.41. The van der Waals surface area contributed by atoms with E-state index < -0.39 is 0 Å². The van der Waals surface area contributed by atoms with Crippen LogP contribution in [0.1, 0.15) is 10.8 Å². The van der Waals surface area contributed by atoms with Crippen molar-refractivity contribution in [3.8, 4) is 28.8 Å². The first-order valence-corrected chi connectivity index (χ1v) is 7.19. The molecule has 0 aliphatic heterocycles. The van der Waals surface area contributed by atoms with E-state index in [-0.39, 0.29) is 11.5 Å². The van der Waals surface area contributed by atoms with E-state index >= 15 is 0 Å². The van der Waals surface area contributed by atoms with Crippen LogP contribution in [-0.4, -0.2) is 15.2 Å². The van der Waals surface area contributed by atoms with Gasteiger partial charge >= 0.3 is 0 Å². The Morgan fingerprint density at radius 1 is 1.32 bits per heavy atom. The standard InChI is InChI=1S/C16H10N2O3S/c17-8-10(6-12-2-1-5-21-12)16-18-14(9-22-16)13-4-3-11(19)7-15(13)20/h1-7,9,19-20H/b10-6+. The summed E-state index contributed by atoms with van der Waals surface area (Å²) in [7, 11) is 0. The van der Waals surface area contributed by atoms with Crippen molar-refractivity contribution >= 4 is 23.0 Å². The molecule has 6 heteroatoms. The highest BCUT2D eigenvalue weighted by molar-refractivity contribution is 7.11. The number of aromatic nitrogens is 1. The molecule has 2 N–H and O–H groups in total. The normalized spacial score (nSPS) is 11.3. The third-order valence-electron chi connectivity index (χ3n) is 2.94. The van der Waals surface area contributed by atoms with E-state index in [1.807, 2.05) is 0 Å². The molecule has 2 heterocycles. The lowest BCUT2D eigenvalue weighted by atomic mass is 10.1. The molecule has 2 aromatic heterocycles. The van der Waals surface area contributed by atoms with Crippen molar-refractivity contribution in [2.45, 2.75) is 0 Å². The van der Waals surface area contributed by atoms with E-state index in [4.69, 9.17) is 4.42 Å². The number of rotatable bonds is 3. The van der Waals surface area contributed by atoms with Crippen LogP contribution < -0.4 is 0 Å². The highest BCUT2D eigenvalue weighted by Crippen LogP contribution is 2.34. The first-order chi connectivity index (χ1) is 10.7. The predicted octanol–water partition coefficient (Wildman–Crippen LogP) is 3.88. The Labute approximate surface area is 130 Å². The molecule has 0 radical (unpaired) electrons. The van der Waals surface area contributed by atoms with Gasteiger partial charge in [-0.05, 0) is 24.3 Å². The molecular formula is C16H10N2O3S. The van der Waals surface area contributed by atoms with Crippen molar-refractivity contribution in [2.24, 2.45) is 0 Å². The largest absolute Gasteiger partial charge is 0.508 e. The summed E-state index contributed by atoms with van der Waals surface area (Å²) in [5.74, 6) is 0.485. The third kappa shape index (κ3) is 2.71. The van der Waals surface area contributed by atoms with Crippen molar-refractivity contribution in [2.75, 3.05) is 0 Å². The topological polar surface area (TPSA) is 90.3 Å². The van der Waals surface area contributed by atoms with Crippen LogP contribution in [0.5, 0.6) is 11.5 Å². The fourth-order valence-corrected chi connectivity index (χ4v) is 2.70. The Morgan fingerprint density at radius 2 is 2.18 bits per heavy atom. The smallest absolute Gasteiger partial charge is 0.134 e. The van der Waals surface area contributed by atoms with Crippen LogP contribution in [0, 0.1) is 11.3 Å². The molecule has 0 aliphatic carbocycles. The predicted molar refractivity (Wildman–Crippen MR) is 83.1 cm³/mol. The average Bonchev–Trinajstić information content (AvgIpc) is 3.16. The molecule has 0 amide bonds. The zero-order valence-corrected chi connectivity index (χ0v) is 12.0. The first kappa shape index (κ1) is 13.9. The van der Waals surface area contributed by atoms with Crippen LogP contribution in [0.2, 0.25) is 0 Å². The molecule has 0 aliphatic rings.